The first kappa shape index (κ1) is 26.4. The molecular weight excluding hydrogens is 533 g/mol. The summed E-state index contributed by atoms with van der Waals surface area (Å²) in [6, 6.07) is 11.3. The first-order valence-corrected chi connectivity index (χ1v) is 15.0. The summed E-state index contributed by atoms with van der Waals surface area (Å²) in [6.07, 6.45) is 4.30. The molecule has 1 aliphatic heterocycles. The molecule has 0 saturated carbocycles. The highest BCUT2D eigenvalue weighted by Gasteiger charge is 2.34. The Bertz CT molecular complexity index is 1840. The Morgan fingerprint density at radius 1 is 1.15 bits per heavy atom. The van der Waals surface area contributed by atoms with Gasteiger partial charge in [0.15, 0.2) is 9.84 Å². The molecule has 1 saturated heterocycles. The van der Waals surface area contributed by atoms with E-state index >= 15 is 4.39 Å². The van der Waals surface area contributed by atoms with E-state index in [1.165, 1.54) is 12.3 Å². The summed E-state index contributed by atoms with van der Waals surface area (Å²) in [4.78, 5) is 4.99. The molecule has 0 amide bonds. The maximum absolute atomic E-state index is 15.7. The van der Waals surface area contributed by atoms with Crippen molar-refractivity contribution in [1.29, 1.82) is 0 Å². The van der Waals surface area contributed by atoms with E-state index in [9.17, 15) is 8.42 Å². The van der Waals surface area contributed by atoms with E-state index in [1.807, 2.05) is 30.7 Å². The third-order valence-electron chi connectivity index (χ3n) is 7.81. The van der Waals surface area contributed by atoms with Gasteiger partial charge in [-0.1, -0.05) is 23.4 Å². The second-order valence-corrected chi connectivity index (χ2v) is 12.3. The predicted molar refractivity (Wildman–Crippen MR) is 150 cm³/mol. The molecule has 0 bridgehead atoms. The van der Waals surface area contributed by atoms with Gasteiger partial charge >= 0.3 is 0 Å². The molecule has 4 heterocycles. The van der Waals surface area contributed by atoms with Crippen molar-refractivity contribution < 1.29 is 22.3 Å². The van der Waals surface area contributed by atoms with Crippen LogP contribution in [0.1, 0.15) is 30.1 Å². The first-order chi connectivity index (χ1) is 19.2. The van der Waals surface area contributed by atoms with Gasteiger partial charge in [-0.3, -0.25) is 4.98 Å². The maximum atomic E-state index is 15.7. The Hall–Kier alpha value is -3.83. The third-order valence-corrected chi connectivity index (χ3v) is 8.94. The number of methoxy groups -OCH3 is 1. The van der Waals surface area contributed by atoms with Gasteiger partial charge in [-0.2, -0.15) is 0 Å². The highest BCUT2D eigenvalue weighted by Crippen LogP contribution is 2.46. The average molecular weight is 564 g/mol. The molecule has 1 unspecified atom stereocenters. The zero-order valence-electron chi connectivity index (χ0n) is 22.8. The van der Waals surface area contributed by atoms with Gasteiger partial charge in [-0.05, 0) is 49.9 Å². The number of ether oxygens (including phenoxy) is 2. The zero-order valence-corrected chi connectivity index (χ0v) is 23.6. The number of halogens is 1. The van der Waals surface area contributed by atoms with Crippen LogP contribution in [0.2, 0.25) is 0 Å². The molecule has 2 aromatic carbocycles. The number of benzene rings is 2. The van der Waals surface area contributed by atoms with Gasteiger partial charge < -0.3 is 14.0 Å². The van der Waals surface area contributed by atoms with Crippen LogP contribution in [0.5, 0.6) is 5.75 Å². The second kappa shape index (κ2) is 9.97. The topological polar surface area (TPSA) is 101 Å². The van der Waals surface area contributed by atoms with Gasteiger partial charge in [0.2, 0.25) is 0 Å². The van der Waals surface area contributed by atoms with Crippen LogP contribution < -0.4 is 4.74 Å². The summed E-state index contributed by atoms with van der Waals surface area (Å²) in [7, 11) is -0.339. The van der Waals surface area contributed by atoms with E-state index in [0.29, 0.717) is 59.3 Å². The van der Waals surface area contributed by atoms with E-state index in [0.717, 1.165) is 17.0 Å². The molecule has 6 rings (SSSR count). The standard InChI is InChI=1S/C29H30FN5O4S/c1-17-27(34(2)33-32-17)19-15-22-26(31-16-19)25-23(38-3)9-10-24(40(4,36)37)29(25)35(22)28(18-11-13-39-14-12-18)20-7-5-6-8-21(20)30/h5-10,15-16,18,28H,11-14H2,1-4H3. The van der Waals surface area contributed by atoms with Crippen LogP contribution >= 0.6 is 0 Å². The molecule has 5 aromatic rings. The van der Waals surface area contributed by atoms with Crippen molar-refractivity contribution >= 4 is 31.8 Å². The average Bonchev–Trinajstić information content (AvgIpc) is 3.45. The van der Waals surface area contributed by atoms with Crippen molar-refractivity contribution in [2.45, 2.75) is 30.7 Å². The first-order valence-electron chi connectivity index (χ1n) is 13.1. The third kappa shape index (κ3) is 4.24. The van der Waals surface area contributed by atoms with Crippen LogP contribution in [0, 0.1) is 18.7 Å². The van der Waals surface area contributed by atoms with Crippen molar-refractivity contribution in [3.8, 4) is 17.0 Å². The fourth-order valence-corrected chi connectivity index (χ4v) is 6.93. The number of pyridine rings is 1. The van der Waals surface area contributed by atoms with Crippen LogP contribution in [0.3, 0.4) is 0 Å². The van der Waals surface area contributed by atoms with Gasteiger partial charge in [-0.15, -0.1) is 5.10 Å². The minimum Gasteiger partial charge on any atom is -0.496 e. The van der Waals surface area contributed by atoms with Crippen LogP contribution in [0.4, 0.5) is 4.39 Å². The molecule has 208 valence electrons. The zero-order chi connectivity index (χ0) is 28.2. The quantitative estimate of drug-likeness (QED) is 0.291. The van der Waals surface area contributed by atoms with Crippen molar-refractivity contribution in [3.05, 3.63) is 65.7 Å². The number of nitrogens with zero attached hydrogens (tertiary/aromatic N) is 5. The lowest BCUT2D eigenvalue weighted by Gasteiger charge is -2.33. The number of sulfone groups is 1. The van der Waals surface area contributed by atoms with E-state index < -0.39 is 15.9 Å². The Kier molecular flexibility index (Phi) is 6.58. The van der Waals surface area contributed by atoms with Gasteiger partial charge in [0.25, 0.3) is 0 Å². The molecule has 40 heavy (non-hydrogen) atoms. The fourth-order valence-electron chi connectivity index (χ4n) is 6.07. The van der Waals surface area contributed by atoms with Crippen LogP contribution in [-0.4, -0.2) is 59.5 Å². The van der Waals surface area contributed by atoms with E-state index in [4.69, 9.17) is 14.5 Å². The normalized spacial score (nSPS) is 15.6. The van der Waals surface area contributed by atoms with Crippen LogP contribution in [0.15, 0.2) is 53.6 Å². The number of aromatic nitrogens is 5. The Labute approximate surface area is 231 Å². The van der Waals surface area contributed by atoms with Gasteiger partial charge in [0, 0.05) is 43.8 Å². The van der Waals surface area contributed by atoms with Crippen LogP contribution in [0.25, 0.3) is 33.2 Å². The lowest BCUT2D eigenvalue weighted by atomic mass is 9.86. The molecule has 0 aliphatic carbocycles. The molecule has 9 nitrogen and oxygen atoms in total. The van der Waals surface area contributed by atoms with Crippen molar-refractivity contribution in [2.24, 2.45) is 13.0 Å². The highest BCUT2D eigenvalue weighted by molar-refractivity contribution is 7.91. The van der Waals surface area contributed by atoms with E-state index in [2.05, 4.69) is 10.3 Å². The minimum atomic E-state index is -3.69. The number of aryl methyl sites for hydroxylation is 2. The molecule has 0 radical (unpaired) electrons. The Morgan fingerprint density at radius 2 is 1.90 bits per heavy atom. The lowest BCUT2D eigenvalue weighted by molar-refractivity contribution is 0.0548. The number of rotatable bonds is 6. The summed E-state index contributed by atoms with van der Waals surface area (Å²) >= 11 is 0. The molecule has 1 fully saturated rings. The number of hydrogen-bond donors (Lipinski definition) is 0. The lowest BCUT2D eigenvalue weighted by Crippen LogP contribution is -2.28. The van der Waals surface area contributed by atoms with Crippen molar-refractivity contribution in [2.75, 3.05) is 26.6 Å². The summed E-state index contributed by atoms with van der Waals surface area (Å²) in [5, 5.41) is 8.91. The van der Waals surface area contributed by atoms with E-state index in [1.54, 1.807) is 42.3 Å². The van der Waals surface area contributed by atoms with E-state index in [-0.39, 0.29) is 16.6 Å². The molecule has 1 aliphatic rings. The summed E-state index contributed by atoms with van der Waals surface area (Å²) in [5.74, 6) is 0.115. The summed E-state index contributed by atoms with van der Waals surface area (Å²) in [6.45, 7) is 2.95. The van der Waals surface area contributed by atoms with Gasteiger partial charge in [-0.25, -0.2) is 17.5 Å². The second-order valence-electron chi connectivity index (χ2n) is 10.3. The summed E-state index contributed by atoms with van der Waals surface area (Å²) in [5.41, 5.74) is 4.45. The SMILES string of the molecule is COc1ccc(S(C)(=O)=O)c2c1c1ncc(-c3c(C)nnn3C)cc1n2C(c1ccccc1F)C1CCOCC1. The fraction of sp³-hybridized carbons (Fsp3) is 0.345. The number of hydrogen-bond acceptors (Lipinski definition) is 7. The smallest absolute Gasteiger partial charge is 0.177 e. The minimum absolute atomic E-state index is 0.0215. The molecule has 1 atom stereocenters. The van der Waals surface area contributed by atoms with Crippen LogP contribution in [-0.2, 0) is 21.6 Å². The Morgan fingerprint density at radius 3 is 2.55 bits per heavy atom. The predicted octanol–water partition coefficient (Wildman–Crippen LogP) is 4.86. The number of fused-ring (bicyclic) bond motifs is 3. The highest BCUT2D eigenvalue weighted by atomic mass is 32.2. The molecule has 0 spiro atoms. The Balaban J connectivity index is 1.81. The molecular formula is C29H30FN5O4S. The van der Waals surface area contributed by atoms with Gasteiger partial charge in [0.05, 0.1) is 51.4 Å². The largest absolute Gasteiger partial charge is 0.496 e. The van der Waals surface area contributed by atoms with Gasteiger partial charge in [0.1, 0.15) is 11.6 Å². The summed E-state index contributed by atoms with van der Waals surface area (Å²) < 4.78 is 57.2. The molecule has 0 N–H and O–H groups in total. The van der Waals surface area contributed by atoms with Crippen molar-refractivity contribution in [3.63, 3.8) is 0 Å². The monoisotopic (exact) mass is 563 g/mol. The maximum Gasteiger partial charge on any atom is 0.177 e. The van der Waals surface area contributed by atoms with Crippen molar-refractivity contribution in [1.82, 2.24) is 24.5 Å². The molecule has 11 heteroatoms. The molecule has 3 aromatic heterocycles.